The Morgan fingerprint density at radius 1 is 1.03 bits per heavy atom. The number of ether oxygens (including phenoxy) is 1. The Bertz CT molecular complexity index is 1230. The first kappa shape index (κ1) is 22.6. The molecule has 5 nitrogen and oxygen atoms in total. The van der Waals surface area contributed by atoms with E-state index < -0.39 is 0 Å². The number of aryl methyl sites for hydroxylation is 1. The zero-order valence-corrected chi connectivity index (χ0v) is 20.3. The van der Waals surface area contributed by atoms with Gasteiger partial charge >= 0.3 is 0 Å². The molecule has 0 aliphatic carbocycles. The maximum atomic E-state index is 12.6. The number of thioether (sulfide) groups is 1. The van der Waals surface area contributed by atoms with Gasteiger partial charge in [-0.15, -0.1) is 10.2 Å². The zero-order valence-electron chi connectivity index (χ0n) is 17.2. The summed E-state index contributed by atoms with van der Waals surface area (Å²) in [5.41, 5.74) is 2.65. The summed E-state index contributed by atoms with van der Waals surface area (Å²) in [6, 6.07) is 22.5. The normalized spacial score (nSPS) is 10.8. The Morgan fingerprint density at radius 3 is 2.47 bits per heavy atom. The average Bonchev–Trinajstić information content (AvgIpc) is 3.20. The predicted molar refractivity (Wildman–Crippen MR) is 131 cm³/mol. The average molecular weight is 529 g/mol. The van der Waals surface area contributed by atoms with Crippen molar-refractivity contribution in [3.8, 4) is 11.4 Å². The van der Waals surface area contributed by atoms with Crippen LogP contribution in [0.2, 0.25) is 5.02 Å². The van der Waals surface area contributed by atoms with Crippen LogP contribution in [0.3, 0.4) is 0 Å². The maximum absolute atomic E-state index is 12.6. The van der Waals surface area contributed by atoms with Crippen LogP contribution in [0.25, 0.3) is 5.69 Å². The molecule has 8 heteroatoms. The molecule has 32 heavy (non-hydrogen) atoms. The number of hydrogen-bond donors (Lipinski definition) is 0. The third kappa shape index (κ3) is 5.41. The summed E-state index contributed by atoms with van der Waals surface area (Å²) in [4.78, 5) is 12.6. The standard InChI is InChI=1S/C24H19BrClN3O2S/c1-16-6-12-19(13-7-16)31-14-23-27-28-24(29(23)21-5-3-2-4-20(21)25)32-15-22(30)17-8-10-18(26)11-9-17/h2-13H,14-15H2,1H3. The molecule has 0 saturated carbocycles. The second-order valence-corrected chi connectivity index (χ2v) is 9.24. The first-order chi connectivity index (χ1) is 15.5. The van der Waals surface area contributed by atoms with Crippen molar-refractivity contribution in [1.29, 1.82) is 0 Å². The summed E-state index contributed by atoms with van der Waals surface area (Å²) in [6.45, 7) is 2.27. The fourth-order valence-corrected chi connectivity index (χ4v) is 4.44. The van der Waals surface area contributed by atoms with E-state index in [1.807, 2.05) is 60.0 Å². The molecule has 0 fully saturated rings. The van der Waals surface area contributed by atoms with Crippen molar-refractivity contribution in [2.75, 3.05) is 5.75 Å². The summed E-state index contributed by atoms with van der Waals surface area (Å²) < 4.78 is 8.75. The lowest BCUT2D eigenvalue weighted by atomic mass is 10.1. The molecule has 4 rings (SSSR count). The summed E-state index contributed by atoms with van der Waals surface area (Å²) in [6.07, 6.45) is 0. The molecule has 0 unspecified atom stereocenters. The van der Waals surface area contributed by atoms with E-state index in [2.05, 4.69) is 26.1 Å². The van der Waals surface area contributed by atoms with Gasteiger partial charge in [0.2, 0.25) is 0 Å². The minimum Gasteiger partial charge on any atom is -0.486 e. The predicted octanol–water partition coefficient (Wildman–Crippen LogP) is 6.55. The smallest absolute Gasteiger partial charge is 0.196 e. The van der Waals surface area contributed by atoms with Gasteiger partial charge in [0.25, 0.3) is 0 Å². The van der Waals surface area contributed by atoms with E-state index in [-0.39, 0.29) is 18.1 Å². The zero-order chi connectivity index (χ0) is 22.5. The van der Waals surface area contributed by atoms with Crippen LogP contribution in [0.15, 0.2) is 82.4 Å². The SMILES string of the molecule is Cc1ccc(OCc2nnc(SCC(=O)c3ccc(Cl)cc3)n2-c2ccccc2Br)cc1. The number of hydrogen-bond acceptors (Lipinski definition) is 5. The van der Waals surface area contributed by atoms with E-state index in [1.165, 1.54) is 11.8 Å². The quantitative estimate of drug-likeness (QED) is 0.192. The van der Waals surface area contributed by atoms with Crippen molar-refractivity contribution >= 4 is 45.1 Å². The number of benzene rings is 3. The Kier molecular flexibility index (Phi) is 7.29. The van der Waals surface area contributed by atoms with Gasteiger partial charge < -0.3 is 4.74 Å². The lowest BCUT2D eigenvalue weighted by Crippen LogP contribution is -2.08. The molecule has 0 spiro atoms. The molecule has 162 valence electrons. The van der Waals surface area contributed by atoms with Gasteiger partial charge in [0.15, 0.2) is 16.8 Å². The Morgan fingerprint density at radius 2 is 1.75 bits per heavy atom. The third-order valence-corrected chi connectivity index (χ3v) is 6.53. The van der Waals surface area contributed by atoms with Crippen molar-refractivity contribution in [3.63, 3.8) is 0 Å². The summed E-state index contributed by atoms with van der Waals surface area (Å²) >= 11 is 10.9. The number of ketones is 1. The molecule has 0 amide bonds. The minimum absolute atomic E-state index is 0.00852. The van der Waals surface area contributed by atoms with Crippen LogP contribution in [0.1, 0.15) is 21.7 Å². The number of Topliss-reactive ketones (excluding diaryl/α,β-unsaturated/α-hetero) is 1. The molecule has 3 aromatic carbocycles. The molecule has 0 radical (unpaired) electrons. The number of carbonyl (C=O) groups is 1. The largest absolute Gasteiger partial charge is 0.486 e. The van der Waals surface area contributed by atoms with Crippen LogP contribution in [0, 0.1) is 6.92 Å². The monoisotopic (exact) mass is 527 g/mol. The third-order valence-electron chi connectivity index (χ3n) is 4.68. The van der Waals surface area contributed by atoms with Crippen molar-refractivity contribution < 1.29 is 9.53 Å². The van der Waals surface area contributed by atoms with E-state index in [1.54, 1.807) is 24.3 Å². The fraction of sp³-hybridized carbons (Fsp3) is 0.125. The van der Waals surface area contributed by atoms with Crippen molar-refractivity contribution in [2.45, 2.75) is 18.7 Å². The molecule has 0 saturated heterocycles. The van der Waals surface area contributed by atoms with E-state index in [0.717, 1.165) is 21.5 Å². The summed E-state index contributed by atoms with van der Waals surface area (Å²) in [7, 11) is 0. The number of para-hydroxylation sites is 1. The second-order valence-electron chi connectivity index (χ2n) is 7.01. The minimum atomic E-state index is -0.00852. The van der Waals surface area contributed by atoms with E-state index in [9.17, 15) is 4.79 Å². The van der Waals surface area contributed by atoms with Crippen LogP contribution in [-0.4, -0.2) is 26.3 Å². The number of carbonyl (C=O) groups excluding carboxylic acids is 1. The first-order valence-corrected chi connectivity index (χ1v) is 12.0. The first-order valence-electron chi connectivity index (χ1n) is 9.81. The highest BCUT2D eigenvalue weighted by molar-refractivity contribution is 9.10. The molecular weight excluding hydrogens is 510 g/mol. The molecule has 0 aliphatic heterocycles. The summed E-state index contributed by atoms with van der Waals surface area (Å²) in [5, 5.41) is 9.90. The maximum Gasteiger partial charge on any atom is 0.196 e. The lowest BCUT2D eigenvalue weighted by Gasteiger charge is -2.12. The molecule has 0 aliphatic rings. The van der Waals surface area contributed by atoms with Gasteiger partial charge in [-0.3, -0.25) is 9.36 Å². The Balaban J connectivity index is 1.57. The van der Waals surface area contributed by atoms with Gasteiger partial charge in [-0.1, -0.05) is 53.2 Å². The van der Waals surface area contributed by atoms with Crippen LogP contribution in [-0.2, 0) is 6.61 Å². The summed E-state index contributed by atoms with van der Waals surface area (Å²) in [5.74, 6) is 1.61. The Hall–Kier alpha value is -2.61. The van der Waals surface area contributed by atoms with E-state index in [0.29, 0.717) is 21.6 Å². The van der Waals surface area contributed by atoms with Gasteiger partial charge in [0.05, 0.1) is 11.4 Å². The van der Waals surface area contributed by atoms with Crippen LogP contribution < -0.4 is 4.74 Å². The highest BCUT2D eigenvalue weighted by Crippen LogP contribution is 2.28. The van der Waals surface area contributed by atoms with Gasteiger partial charge in [-0.05, 0) is 71.4 Å². The van der Waals surface area contributed by atoms with Crippen LogP contribution in [0.5, 0.6) is 5.75 Å². The number of halogens is 2. The number of nitrogens with zero attached hydrogens (tertiary/aromatic N) is 3. The van der Waals surface area contributed by atoms with Gasteiger partial charge in [0.1, 0.15) is 12.4 Å². The van der Waals surface area contributed by atoms with Crippen molar-refractivity contribution in [2.24, 2.45) is 0 Å². The van der Waals surface area contributed by atoms with Gasteiger partial charge in [-0.2, -0.15) is 0 Å². The van der Waals surface area contributed by atoms with Crippen molar-refractivity contribution in [1.82, 2.24) is 14.8 Å². The van der Waals surface area contributed by atoms with Gasteiger partial charge in [0, 0.05) is 15.1 Å². The highest BCUT2D eigenvalue weighted by atomic mass is 79.9. The molecule has 0 atom stereocenters. The molecule has 0 bridgehead atoms. The Labute approximate surface area is 203 Å². The fourth-order valence-electron chi connectivity index (χ4n) is 2.99. The molecular formula is C24H19BrClN3O2S. The molecule has 4 aromatic rings. The van der Waals surface area contributed by atoms with Crippen LogP contribution in [0.4, 0.5) is 0 Å². The van der Waals surface area contributed by atoms with Gasteiger partial charge in [-0.25, -0.2) is 0 Å². The molecule has 1 heterocycles. The molecule has 1 aromatic heterocycles. The van der Waals surface area contributed by atoms with Crippen LogP contribution >= 0.6 is 39.3 Å². The number of aromatic nitrogens is 3. The lowest BCUT2D eigenvalue weighted by molar-refractivity contribution is 0.102. The second kappa shape index (κ2) is 10.3. The number of rotatable bonds is 8. The highest BCUT2D eigenvalue weighted by Gasteiger charge is 2.18. The molecule has 0 N–H and O–H groups in total. The van der Waals surface area contributed by atoms with Crippen molar-refractivity contribution in [3.05, 3.63) is 99.2 Å². The van der Waals surface area contributed by atoms with E-state index in [4.69, 9.17) is 16.3 Å². The van der Waals surface area contributed by atoms with E-state index >= 15 is 0 Å². The topological polar surface area (TPSA) is 57.0 Å².